The molecular weight excluding hydrogens is 300 g/mol. The van der Waals surface area contributed by atoms with Crippen LogP contribution in [0.1, 0.15) is 27.8 Å². The van der Waals surface area contributed by atoms with Crippen LogP contribution in [0.3, 0.4) is 0 Å². The van der Waals surface area contributed by atoms with E-state index in [9.17, 15) is 9.59 Å². The lowest BCUT2D eigenvalue weighted by molar-refractivity contribution is 0.0995. The molecule has 2 rings (SSSR count). The Hall–Kier alpha value is -3.03. The SMILES string of the molecule is CCn1cc(NC(=O)c2c(OC)cccc2OC)c(C(N)=O)n1. The van der Waals surface area contributed by atoms with E-state index in [-0.39, 0.29) is 16.9 Å². The summed E-state index contributed by atoms with van der Waals surface area (Å²) in [6.45, 7) is 2.39. The Balaban J connectivity index is 2.40. The summed E-state index contributed by atoms with van der Waals surface area (Å²) in [5.74, 6) is -0.507. The van der Waals surface area contributed by atoms with Crippen LogP contribution in [-0.4, -0.2) is 35.8 Å². The number of benzene rings is 1. The van der Waals surface area contributed by atoms with E-state index in [1.54, 1.807) is 24.4 Å². The molecule has 0 unspecified atom stereocenters. The minimum Gasteiger partial charge on any atom is -0.496 e. The van der Waals surface area contributed by atoms with Gasteiger partial charge in [-0.25, -0.2) is 0 Å². The van der Waals surface area contributed by atoms with Gasteiger partial charge >= 0.3 is 0 Å². The average molecular weight is 318 g/mol. The van der Waals surface area contributed by atoms with Gasteiger partial charge < -0.3 is 20.5 Å². The van der Waals surface area contributed by atoms with Gasteiger partial charge in [-0.3, -0.25) is 14.3 Å². The summed E-state index contributed by atoms with van der Waals surface area (Å²) in [7, 11) is 2.91. The number of nitrogens with one attached hydrogen (secondary N) is 1. The van der Waals surface area contributed by atoms with Gasteiger partial charge in [0.05, 0.1) is 19.9 Å². The highest BCUT2D eigenvalue weighted by Gasteiger charge is 2.22. The van der Waals surface area contributed by atoms with Crippen molar-refractivity contribution in [3.05, 3.63) is 35.7 Å². The molecule has 0 fully saturated rings. The van der Waals surface area contributed by atoms with Crippen LogP contribution in [0.4, 0.5) is 5.69 Å². The van der Waals surface area contributed by atoms with Gasteiger partial charge in [-0.1, -0.05) is 6.07 Å². The third-order valence-electron chi connectivity index (χ3n) is 3.22. The molecule has 0 saturated carbocycles. The van der Waals surface area contributed by atoms with Crippen molar-refractivity contribution in [2.45, 2.75) is 13.5 Å². The zero-order valence-electron chi connectivity index (χ0n) is 13.1. The van der Waals surface area contributed by atoms with E-state index in [1.165, 1.54) is 18.9 Å². The number of methoxy groups -OCH3 is 2. The van der Waals surface area contributed by atoms with Crippen LogP contribution in [0, 0.1) is 0 Å². The minimum absolute atomic E-state index is 0.00550. The van der Waals surface area contributed by atoms with Crippen LogP contribution in [-0.2, 0) is 6.54 Å². The number of primary amides is 1. The van der Waals surface area contributed by atoms with Gasteiger partial charge in [-0.05, 0) is 19.1 Å². The number of hydrogen-bond acceptors (Lipinski definition) is 5. The molecule has 0 aliphatic heterocycles. The number of hydrogen-bond donors (Lipinski definition) is 2. The first kappa shape index (κ1) is 16.3. The molecule has 1 aromatic heterocycles. The third-order valence-corrected chi connectivity index (χ3v) is 3.22. The van der Waals surface area contributed by atoms with Crippen molar-refractivity contribution in [1.82, 2.24) is 9.78 Å². The van der Waals surface area contributed by atoms with Gasteiger partial charge in [0, 0.05) is 12.7 Å². The Morgan fingerprint density at radius 1 is 1.26 bits per heavy atom. The van der Waals surface area contributed by atoms with Gasteiger partial charge in [-0.2, -0.15) is 5.10 Å². The normalized spacial score (nSPS) is 10.2. The summed E-state index contributed by atoms with van der Waals surface area (Å²) >= 11 is 0. The van der Waals surface area contributed by atoms with Gasteiger partial charge in [0.2, 0.25) is 0 Å². The molecular formula is C15H18N4O4. The summed E-state index contributed by atoms with van der Waals surface area (Å²) in [5, 5.41) is 6.65. The van der Waals surface area contributed by atoms with Crippen molar-refractivity contribution in [3.8, 4) is 11.5 Å². The molecule has 1 aromatic carbocycles. The Morgan fingerprint density at radius 3 is 2.35 bits per heavy atom. The van der Waals surface area contributed by atoms with E-state index in [0.29, 0.717) is 18.0 Å². The Labute approximate surface area is 133 Å². The van der Waals surface area contributed by atoms with E-state index in [4.69, 9.17) is 15.2 Å². The lowest BCUT2D eigenvalue weighted by Gasteiger charge is -2.12. The summed E-state index contributed by atoms with van der Waals surface area (Å²) in [5.41, 5.74) is 5.74. The summed E-state index contributed by atoms with van der Waals surface area (Å²) in [6.07, 6.45) is 1.54. The van der Waals surface area contributed by atoms with Crippen LogP contribution in [0.25, 0.3) is 0 Å². The third kappa shape index (κ3) is 3.25. The maximum absolute atomic E-state index is 12.6. The molecule has 0 aliphatic rings. The van der Waals surface area contributed by atoms with Gasteiger partial charge in [0.15, 0.2) is 5.69 Å². The number of carbonyl (C=O) groups is 2. The number of ether oxygens (including phenoxy) is 2. The predicted octanol–water partition coefficient (Wildman–Crippen LogP) is 1.27. The molecule has 0 bridgehead atoms. The van der Waals surface area contributed by atoms with Gasteiger partial charge in [-0.15, -0.1) is 0 Å². The fraction of sp³-hybridized carbons (Fsp3) is 0.267. The monoisotopic (exact) mass is 318 g/mol. The first-order valence-electron chi connectivity index (χ1n) is 6.91. The average Bonchev–Trinajstić information content (AvgIpc) is 2.97. The molecule has 2 aromatic rings. The lowest BCUT2D eigenvalue weighted by atomic mass is 10.1. The molecule has 2 amide bonds. The van der Waals surface area contributed by atoms with Crippen LogP contribution < -0.4 is 20.5 Å². The van der Waals surface area contributed by atoms with E-state index in [1.807, 2.05) is 6.92 Å². The highest BCUT2D eigenvalue weighted by atomic mass is 16.5. The summed E-state index contributed by atoms with van der Waals surface area (Å²) in [6, 6.07) is 4.99. The number of amides is 2. The highest BCUT2D eigenvalue weighted by Crippen LogP contribution is 2.29. The van der Waals surface area contributed by atoms with E-state index >= 15 is 0 Å². The topological polar surface area (TPSA) is 108 Å². The number of aromatic nitrogens is 2. The quantitative estimate of drug-likeness (QED) is 0.834. The number of rotatable bonds is 6. The minimum atomic E-state index is -0.723. The van der Waals surface area contributed by atoms with E-state index in [2.05, 4.69) is 10.4 Å². The standard InChI is InChI=1S/C15H18N4O4/c1-4-19-8-9(13(18-19)14(16)20)17-15(21)12-10(22-2)6-5-7-11(12)23-3/h5-8H,4H2,1-3H3,(H2,16,20)(H,17,21). The molecule has 0 aliphatic carbocycles. The zero-order chi connectivity index (χ0) is 17.0. The summed E-state index contributed by atoms with van der Waals surface area (Å²) < 4.78 is 11.9. The molecule has 0 atom stereocenters. The van der Waals surface area contributed by atoms with Crippen molar-refractivity contribution in [1.29, 1.82) is 0 Å². The number of aryl methyl sites for hydroxylation is 1. The van der Waals surface area contributed by atoms with Crippen LogP contribution in [0.5, 0.6) is 11.5 Å². The van der Waals surface area contributed by atoms with Crippen LogP contribution in [0.2, 0.25) is 0 Å². The maximum Gasteiger partial charge on any atom is 0.271 e. The van der Waals surface area contributed by atoms with Crippen molar-refractivity contribution >= 4 is 17.5 Å². The predicted molar refractivity (Wildman–Crippen MR) is 83.9 cm³/mol. The fourth-order valence-electron chi connectivity index (χ4n) is 2.12. The number of carbonyl (C=O) groups excluding carboxylic acids is 2. The molecule has 0 radical (unpaired) electrons. The summed E-state index contributed by atoms with van der Waals surface area (Å²) in [4.78, 5) is 24.0. The van der Waals surface area contributed by atoms with Crippen molar-refractivity contribution in [3.63, 3.8) is 0 Å². The highest BCUT2D eigenvalue weighted by molar-refractivity contribution is 6.10. The second kappa shape index (κ2) is 6.82. The van der Waals surface area contributed by atoms with Gasteiger partial charge in [0.25, 0.3) is 11.8 Å². The number of nitrogens with two attached hydrogens (primary N) is 1. The molecule has 8 nitrogen and oxygen atoms in total. The first-order chi connectivity index (χ1) is 11.0. The Morgan fingerprint density at radius 2 is 1.87 bits per heavy atom. The Kier molecular flexibility index (Phi) is 4.85. The lowest BCUT2D eigenvalue weighted by Crippen LogP contribution is -2.19. The second-order valence-corrected chi connectivity index (χ2v) is 4.60. The van der Waals surface area contributed by atoms with Gasteiger partial charge in [0.1, 0.15) is 17.1 Å². The van der Waals surface area contributed by atoms with E-state index < -0.39 is 11.8 Å². The molecule has 23 heavy (non-hydrogen) atoms. The molecule has 8 heteroatoms. The second-order valence-electron chi connectivity index (χ2n) is 4.60. The molecule has 0 saturated heterocycles. The molecule has 3 N–H and O–H groups in total. The number of nitrogens with zero attached hydrogens (tertiary/aromatic N) is 2. The molecule has 0 spiro atoms. The zero-order valence-corrected chi connectivity index (χ0v) is 13.1. The smallest absolute Gasteiger partial charge is 0.271 e. The van der Waals surface area contributed by atoms with Crippen LogP contribution in [0.15, 0.2) is 24.4 Å². The number of anilines is 1. The van der Waals surface area contributed by atoms with Crippen molar-refractivity contribution < 1.29 is 19.1 Å². The Bertz CT molecular complexity index is 717. The maximum atomic E-state index is 12.6. The largest absolute Gasteiger partial charge is 0.496 e. The first-order valence-corrected chi connectivity index (χ1v) is 6.91. The molecule has 122 valence electrons. The van der Waals surface area contributed by atoms with Crippen molar-refractivity contribution in [2.24, 2.45) is 5.73 Å². The molecule has 1 heterocycles. The van der Waals surface area contributed by atoms with Crippen LogP contribution >= 0.6 is 0 Å². The van der Waals surface area contributed by atoms with E-state index in [0.717, 1.165) is 0 Å². The van der Waals surface area contributed by atoms with Crippen molar-refractivity contribution in [2.75, 3.05) is 19.5 Å². The fourth-order valence-corrected chi connectivity index (χ4v) is 2.12.